The molecular weight excluding hydrogens is 356 g/mol. The molecule has 0 saturated heterocycles. The molecule has 6 nitrogen and oxygen atoms in total. The molecule has 0 aliphatic rings. The van der Waals surface area contributed by atoms with E-state index in [4.69, 9.17) is 4.74 Å². The van der Waals surface area contributed by atoms with Gasteiger partial charge in [-0.1, -0.05) is 29.5 Å². The minimum absolute atomic E-state index is 0.0543. The van der Waals surface area contributed by atoms with Gasteiger partial charge in [-0.15, -0.1) is 11.3 Å². The highest BCUT2D eigenvalue weighted by Gasteiger charge is 2.13. The number of nitrogens with zero attached hydrogens (tertiary/aromatic N) is 1. The molecule has 2 heterocycles. The zero-order chi connectivity index (χ0) is 17.5. The number of anilines is 2. The molecule has 1 aromatic carbocycles. The van der Waals surface area contributed by atoms with Crippen molar-refractivity contribution in [2.75, 3.05) is 38.7 Å². The van der Waals surface area contributed by atoms with Crippen LogP contribution in [0.5, 0.6) is 0 Å². The summed E-state index contributed by atoms with van der Waals surface area (Å²) in [6.45, 7) is 2.75. The van der Waals surface area contributed by atoms with Gasteiger partial charge in [0.1, 0.15) is 4.83 Å². The first-order valence-electron chi connectivity index (χ1n) is 7.96. The van der Waals surface area contributed by atoms with E-state index < -0.39 is 0 Å². The highest BCUT2D eigenvalue weighted by Crippen LogP contribution is 2.34. The summed E-state index contributed by atoms with van der Waals surface area (Å²) >= 11 is 2.97. The summed E-state index contributed by atoms with van der Waals surface area (Å²) < 4.78 is 5.97. The van der Waals surface area contributed by atoms with E-state index >= 15 is 0 Å². The fraction of sp³-hybridized carbons (Fsp3) is 0.294. The van der Waals surface area contributed by atoms with Crippen LogP contribution < -0.4 is 16.0 Å². The molecule has 3 rings (SSSR count). The molecule has 0 spiro atoms. The average molecular weight is 377 g/mol. The lowest BCUT2D eigenvalue weighted by molar-refractivity contribution is 0.0958. The van der Waals surface area contributed by atoms with Gasteiger partial charge in [0.25, 0.3) is 5.91 Å². The first kappa shape index (κ1) is 17.8. The predicted molar refractivity (Wildman–Crippen MR) is 104 cm³/mol. The topological polar surface area (TPSA) is 75.3 Å². The molecule has 0 aliphatic heterocycles. The molecule has 0 aliphatic carbocycles. The maximum Gasteiger partial charge on any atom is 0.261 e. The lowest BCUT2D eigenvalue weighted by Gasteiger charge is -2.05. The van der Waals surface area contributed by atoms with Crippen molar-refractivity contribution >= 4 is 48.9 Å². The molecule has 8 heteroatoms. The van der Waals surface area contributed by atoms with Crippen LogP contribution in [0.1, 0.15) is 9.67 Å². The van der Waals surface area contributed by atoms with Crippen molar-refractivity contribution in [3.8, 4) is 0 Å². The van der Waals surface area contributed by atoms with Crippen molar-refractivity contribution in [1.82, 2.24) is 15.6 Å². The zero-order valence-corrected chi connectivity index (χ0v) is 15.5. The van der Waals surface area contributed by atoms with E-state index in [9.17, 15) is 4.79 Å². The Labute approximate surface area is 154 Å². The summed E-state index contributed by atoms with van der Waals surface area (Å²) in [4.78, 5) is 18.3. The van der Waals surface area contributed by atoms with E-state index in [1.165, 1.54) is 11.3 Å². The number of fused-ring (bicyclic) bond motifs is 1. The van der Waals surface area contributed by atoms with Gasteiger partial charge in [0.2, 0.25) is 0 Å². The second-order valence-electron chi connectivity index (χ2n) is 5.29. The minimum Gasteiger partial charge on any atom is -0.383 e. The number of benzene rings is 1. The summed E-state index contributed by atoms with van der Waals surface area (Å²) in [6.07, 6.45) is 0. The zero-order valence-electron chi connectivity index (χ0n) is 13.9. The van der Waals surface area contributed by atoms with E-state index in [-0.39, 0.29) is 5.91 Å². The fourth-order valence-corrected chi connectivity index (χ4v) is 4.25. The van der Waals surface area contributed by atoms with Crippen LogP contribution in [0.3, 0.4) is 0 Å². The Bertz CT molecular complexity index is 785. The molecule has 3 aromatic rings. The van der Waals surface area contributed by atoms with Gasteiger partial charge in [0.05, 0.1) is 16.2 Å². The Kier molecular flexibility index (Phi) is 6.35. The van der Waals surface area contributed by atoms with Gasteiger partial charge in [0.15, 0.2) is 5.13 Å². The first-order chi connectivity index (χ1) is 12.3. The quantitative estimate of drug-likeness (QED) is 0.501. The van der Waals surface area contributed by atoms with Gasteiger partial charge in [-0.3, -0.25) is 4.79 Å². The number of nitrogens with one attached hydrogen (secondary N) is 3. The normalized spacial score (nSPS) is 10.9. The largest absolute Gasteiger partial charge is 0.383 e. The number of methoxy groups -OCH3 is 1. The molecule has 0 radical (unpaired) electrons. The Morgan fingerprint density at radius 1 is 1.16 bits per heavy atom. The Morgan fingerprint density at radius 3 is 2.76 bits per heavy atom. The van der Waals surface area contributed by atoms with Gasteiger partial charge in [0, 0.05) is 32.4 Å². The van der Waals surface area contributed by atoms with Crippen LogP contribution >= 0.6 is 22.7 Å². The third-order valence-electron chi connectivity index (χ3n) is 3.41. The number of carbonyl (C=O) groups is 1. The molecule has 0 unspecified atom stereocenters. The number of hydrogen-bond donors (Lipinski definition) is 3. The van der Waals surface area contributed by atoms with Crippen LogP contribution in [0, 0.1) is 0 Å². The maximum atomic E-state index is 12.2. The summed E-state index contributed by atoms with van der Waals surface area (Å²) in [5.41, 5.74) is 1.00. The SMILES string of the molecule is COCCNCCNC(=O)c1cc2sc(Nc3ccccc3)nc2s1. The van der Waals surface area contributed by atoms with Crippen LogP contribution in [-0.4, -0.2) is 44.2 Å². The Hall–Kier alpha value is -2.00. The lowest BCUT2D eigenvalue weighted by atomic mass is 10.3. The third-order valence-corrected chi connectivity index (χ3v) is 5.48. The first-order valence-corrected chi connectivity index (χ1v) is 9.60. The molecule has 2 aromatic heterocycles. The smallest absolute Gasteiger partial charge is 0.261 e. The lowest BCUT2D eigenvalue weighted by Crippen LogP contribution is -2.32. The monoisotopic (exact) mass is 376 g/mol. The molecule has 3 N–H and O–H groups in total. The molecule has 1 amide bonds. The molecule has 0 saturated carbocycles. The number of para-hydroxylation sites is 1. The molecule has 132 valence electrons. The highest BCUT2D eigenvalue weighted by molar-refractivity contribution is 7.29. The van der Waals surface area contributed by atoms with Crippen LogP contribution in [-0.2, 0) is 4.74 Å². The van der Waals surface area contributed by atoms with Crippen molar-refractivity contribution in [3.05, 3.63) is 41.3 Å². The van der Waals surface area contributed by atoms with Gasteiger partial charge >= 0.3 is 0 Å². The highest BCUT2D eigenvalue weighted by atomic mass is 32.1. The van der Waals surface area contributed by atoms with Gasteiger partial charge in [-0.25, -0.2) is 4.98 Å². The second kappa shape index (κ2) is 8.91. The van der Waals surface area contributed by atoms with Crippen molar-refractivity contribution in [2.24, 2.45) is 0 Å². The van der Waals surface area contributed by atoms with Crippen LogP contribution in [0.15, 0.2) is 36.4 Å². The molecule has 0 bridgehead atoms. The third kappa shape index (κ3) is 4.99. The van der Waals surface area contributed by atoms with Gasteiger partial charge in [-0.05, 0) is 18.2 Å². The van der Waals surface area contributed by atoms with Crippen molar-refractivity contribution in [1.29, 1.82) is 0 Å². The number of aromatic nitrogens is 1. The Balaban J connectivity index is 1.53. The number of amides is 1. The second-order valence-corrected chi connectivity index (χ2v) is 7.35. The van der Waals surface area contributed by atoms with Crippen molar-refractivity contribution in [2.45, 2.75) is 0 Å². The fourth-order valence-electron chi connectivity index (χ4n) is 2.20. The number of ether oxygens (including phenoxy) is 1. The molecular formula is C17H20N4O2S2. The minimum atomic E-state index is -0.0543. The maximum absolute atomic E-state index is 12.2. The summed E-state index contributed by atoms with van der Waals surface area (Å²) in [6, 6.07) is 11.8. The van der Waals surface area contributed by atoms with Crippen LogP contribution in [0.25, 0.3) is 9.53 Å². The van der Waals surface area contributed by atoms with Gasteiger partial charge < -0.3 is 20.7 Å². The van der Waals surface area contributed by atoms with E-state index in [0.717, 1.165) is 33.4 Å². The molecule has 0 fully saturated rings. The Morgan fingerprint density at radius 2 is 2.00 bits per heavy atom. The number of thiophene rings is 1. The number of carbonyl (C=O) groups excluding carboxylic acids is 1. The van der Waals surface area contributed by atoms with E-state index in [1.54, 1.807) is 18.4 Å². The van der Waals surface area contributed by atoms with E-state index in [0.29, 0.717) is 18.0 Å². The number of thiazole rings is 1. The van der Waals surface area contributed by atoms with Crippen LogP contribution in [0.4, 0.5) is 10.8 Å². The summed E-state index contributed by atoms with van der Waals surface area (Å²) in [5.74, 6) is -0.0543. The van der Waals surface area contributed by atoms with Gasteiger partial charge in [-0.2, -0.15) is 0 Å². The molecule has 0 atom stereocenters. The van der Waals surface area contributed by atoms with Crippen molar-refractivity contribution < 1.29 is 9.53 Å². The van der Waals surface area contributed by atoms with Crippen molar-refractivity contribution in [3.63, 3.8) is 0 Å². The molecule has 25 heavy (non-hydrogen) atoms. The average Bonchev–Trinajstić information content (AvgIpc) is 3.17. The van der Waals surface area contributed by atoms with Crippen LogP contribution in [0.2, 0.25) is 0 Å². The number of hydrogen-bond acceptors (Lipinski definition) is 7. The predicted octanol–water partition coefficient (Wildman–Crippen LogP) is 3.07. The van der Waals surface area contributed by atoms with E-state index in [1.807, 2.05) is 36.4 Å². The standard InChI is InChI=1S/C17H20N4O2S2/c1-23-10-9-18-7-8-19-15(22)13-11-14-16(24-13)21-17(25-14)20-12-5-3-2-4-6-12/h2-6,11,18H,7-10H2,1H3,(H,19,22)(H,20,21). The number of rotatable bonds is 9. The van der Waals surface area contributed by atoms with E-state index in [2.05, 4.69) is 20.9 Å². The summed E-state index contributed by atoms with van der Waals surface area (Å²) in [7, 11) is 1.67. The summed E-state index contributed by atoms with van der Waals surface area (Å²) in [5, 5.41) is 10.2.